The molecular weight excluding hydrogens is 342 g/mol. The average molecular weight is 360 g/mol. The number of carbonyl (C=O) groups is 2. The normalized spacial score (nSPS) is 14.0. The Hall–Kier alpha value is -2.73. The van der Waals surface area contributed by atoms with Gasteiger partial charge in [-0.05, 0) is 49.2 Å². The minimum absolute atomic E-state index is 0.0154. The molecule has 0 saturated heterocycles. The van der Waals surface area contributed by atoms with Gasteiger partial charge in [-0.3, -0.25) is 4.79 Å². The van der Waals surface area contributed by atoms with Gasteiger partial charge in [-0.2, -0.15) is 0 Å². The molecule has 1 aliphatic heterocycles. The lowest BCUT2D eigenvalue weighted by Gasteiger charge is -2.21. The second kappa shape index (κ2) is 7.03. The summed E-state index contributed by atoms with van der Waals surface area (Å²) in [6, 6.07) is 10.2. The fraction of sp³-hybridized carbons (Fsp3) is 0.222. The number of nitrogens with one attached hydrogen (secondary N) is 3. The third kappa shape index (κ3) is 3.85. The van der Waals surface area contributed by atoms with Crippen LogP contribution in [0.3, 0.4) is 0 Å². The van der Waals surface area contributed by atoms with Crippen LogP contribution in [0.5, 0.6) is 5.75 Å². The van der Waals surface area contributed by atoms with Gasteiger partial charge >= 0.3 is 6.03 Å². The molecule has 0 saturated carbocycles. The van der Waals surface area contributed by atoms with Crippen molar-refractivity contribution in [3.8, 4) is 5.75 Å². The highest BCUT2D eigenvalue weighted by Crippen LogP contribution is 2.30. The summed E-state index contributed by atoms with van der Waals surface area (Å²) in [4.78, 5) is 23.7. The maximum Gasteiger partial charge on any atom is 0.319 e. The van der Waals surface area contributed by atoms with Crippen molar-refractivity contribution >= 4 is 34.9 Å². The molecule has 0 bridgehead atoms. The minimum Gasteiger partial charge on any atom is -0.482 e. The molecule has 130 valence electrons. The number of benzene rings is 2. The van der Waals surface area contributed by atoms with E-state index in [0.29, 0.717) is 22.1 Å². The third-order valence-corrected chi connectivity index (χ3v) is 4.41. The molecule has 2 aromatic carbocycles. The lowest BCUT2D eigenvalue weighted by molar-refractivity contribution is -0.118. The lowest BCUT2D eigenvalue weighted by Crippen LogP contribution is -2.31. The SMILES string of the molecule is Cc1c(Cl)cccc1NC(=O)NC(C)c1ccc2c(c1)NC(=O)CO2. The molecule has 2 aromatic rings. The van der Waals surface area contributed by atoms with Gasteiger partial charge in [0.2, 0.25) is 0 Å². The summed E-state index contributed by atoms with van der Waals surface area (Å²) in [5.41, 5.74) is 2.92. The molecule has 3 amide bonds. The largest absolute Gasteiger partial charge is 0.482 e. The zero-order valence-electron chi connectivity index (χ0n) is 13.9. The highest BCUT2D eigenvalue weighted by atomic mass is 35.5. The van der Waals surface area contributed by atoms with E-state index in [1.54, 1.807) is 30.3 Å². The van der Waals surface area contributed by atoms with E-state index >= 15 is 0 Å². The molecule has 1 aliphatic rings. The smallest absolute Gasteiger partial charge is 0.319 e. The Morgan fingerprint density at radius 1 is 1.32 bits per heavy atom. The van der Waals surface area contributed by atoms with Gasteiger partial charge in [-0.15, -0.1) is 0 Å². The number of urea groups is 1. The van der Waals surface area contributed by atoms with Gasteiger partial charge in [-0.25, -0.2) is 4.79 Å². The monoisotopic (exact) mass is 359 g/mol. The van der Waals surface area contributed by atoms with Crippen molar-refractivity contribution in [2.75, 3.05) is 17.2 Å². The standard InChI is InChI=1S/C18H18ClN3O3/c1-10-13(19)4-3-5-14(10)22-18(24)20-11(2)12-6-7-16-15(8-12)21-17(23)9-25-16/h3-8,11H,9H2,1-2H3,(H,21,23)(H2,20,22,24). The molecule has 7 heteroatoms. The van der Waals surface area contributed by atoms with Crippen molar-refractivity contribution in [1.82, 2.24) is 5.32 Å². The first-order valence-electron chi connectivity index (χ1n) is 7.83. The summed E-state index contributed by atoms with van der Waals surface area (Å²) in [6.07, 6.45) is 0. The van der Waals surface area contributed by atoms with Crippen molar-refractivity contribution in [3.05, 3.63) is 52.5 Å². The van der Waals surface area contributed by atoms with Crippen molar-refractivity contribution in [2.24, 2.45) is 0 Å². The van der Waals surface area contributed by atoms with Gasteiger partial charge in [0.05, 0.1) is 11.7 Å². The maximum atomic E-state index is 12.2. The number of anilines is 2. The second-order valence-corrected chi connectivity index (χ2v) is 6.23. The molecular formula is C18H18ClN3O3. The number of hydrogen-bond acceptors (Lipinski definition) is 3. The first-order valence-corrected chi connectivity index (χ1v) is 8.21. The van der Waals surface area contributed by atoms with Crippen LogP contribution in [-0.2, 0) is 4.79 Å². The minimum atomic E-state index is -0.337. The fourth-order valence-corrected chi connectivity index (χ4v) is 2.73. The zero-order chi connectivity index (χ0) is 18.0. The van der Waals surface area contributed by atoms with E-state index in [1.807, 2.05) is 19.9 Å². The first-order chi connectivity index (χ1) is 11.9. The summed E-state index contributed by atoms with van der Waals surface area (Å²) < 4.78 is 5.33. The van der Waals surface area contributed by atoms with Crippen LogP contribution in [0.1, 0.15) is 24.1 Å². The van der Waals surface area contributed by atoms with E-state index in [9.17, 15) is 9.59 Å². The summed E-state index contributed by atoms with van der Waals surface area (Å²) in [5.74, 6) is 0.425. The van der Waals surface area contributed by atoms with E-state index in [0.717, 1.165) is 11.1 Å². The number of rotatable bonds is 3. The third-order valence-electron chi connectivity index (χ3n) is 4.00. The van der Waals surface area contributed by atoms with E-state index in [4.69, 9.17) is 16.3 Å². The molecule has 0 radical (unpaired) electrons. The van der Waals surface area contributed by atoms with Crippen molar-refractivity contribution in [3.63, 3.8) is 0 Å². The van der Waals surface area contributed by atoms with Crippen LogP contribution < -0.4 is 20.7 Å². The molecule has 0 fully saturated rings. The Kier molecular flexibility index (Phi) is 4.81. The second-order valence-electron chi connectivity index (χ2n) is 5.82. The molecule has 0 spiro atoms. The van der Waals surface area contributed by atoms with Crippen LogP contribution in [0.15, 0.2) is 36.4 Å². The predicted octanol–water partition coefficient (Wildman–Crippen LogP) is 3.86. The topological polar surface area (TPSA) is 79.5 Å². The zero-order valence-corrected chi connectivity index (χ0v) is 14.6. The van der Waals surface area contributed by atoms with Crippen LogP contribution in [0.2, 0.25) is 5.02 Å². The van der Waals surface area contributed by atoms with Gasteiger partial charge in [0.1, 0.15) is 5.75 Å². The van der Waals surface area contributed by atoms with Crippen LogP contribution in [0.25, 0.3) is 0 Å². The molecule has 0 aromatic heterocycles. The van der Waals surface area contributed by atoms with Gasteiger partial charge in [-0.1, -0.05) is 23.7 Å². The highest BCUT2D eigenvalue weighted by molar-refractivity contribution is 6.31. The molecule has 1 atom stereocenters. The number of carbonyl (C=O) groups excluding carboxylic acids is 2. The molecule has 6 nitrogen and oxygen atoms in total. The summed E-state index contributed by atoms with van der Waals surface area (Å²) in [7, 11) is 0. The van der Waals surface area contributed by atoms with E-state index in [2.05, 4.69) is 16.0 Å². The Balaban J connectivity index is 1.68. The summed E-state index contributed by atoms with van der Waals surface area (Å²) >= 11 is 6.06. The molecule has 1 unspecified atom stereocenters. The van der Waals surface area contributed by atoms with Gasteiger partial charge in [0.25, 0.3) is 5.91 Å². The van der Waals surface area contributed by atoms with Crippen LogP contribution in [0.4, 0.5) is 16.2 Å². The van der Waals surface area contributed by atoms with Crippen molar-refractivity contribution in [2.45, 2.75) is 19.9 Å². The van der Waals surface area contributed by atoms with Gasteiger partial charge < -0.3 is 20.7 Å². The predicted molar refractivity (Wildman–Crippen MR) is 97.3 cm³/mol. The number of hydrogen-bond donors (Lipinski definition) is 3. The fourth-order valence-electron chi connectivity index (χ4n) is 2.55. The number of fused-ring (bicyclic) bond motifs is 1. The Labute approximate surface area is 150 Å². The Bertz CT molecular complexity index is 838. The van der Waals surface area contributed by atoms with Crippen molar-refractivity contribution < 1.29 is 14.3 Å². The van der Waals surface area contributed by atoms with Gasteiger partial charge in [0, 0.05) is 10.7 Å². The first kappa shape index (κ1) is 17.1. The van der Waals surface area contributed by atoms with E-state index in [1.165, 1.54) is 0 Å². The highest BCUT2D eigenvalue weighted by Gasteiger charge is 2.18. The van der Waals surface area contributed by atoms with Crippen LogP contribution >= 0.6 is 11.6 Å². The Morgan fingerprint density at radius 2 is 2.12 bits per heavy atom. The molecule has 3 N–H and O–H groups in total. The van der Waals surface area contributed by atoms with Crippen LogP contribution in [0, 0.1) is 6.92 Å². The average Bonchev–Trinajstić information content (AvgIpc) is 2.58. The number of halogens is 1. The number of ether oxygens (including phenoxy) is 1. The molecule has 3 rings (SSSR count). The van der Waals surface area contributed by atoms with Crippen LogP contribution in [-0.4, -0.2) is 18.5 Å². The summed E-state index contributed by atoms with van der Waals surface area (Å²) in [5, 5.41) is 9.00. The molecule has 1 heterocycles. The van der Waals surface area contributed by atoms with E-state index in [-0.39, 0.29) is 24.6 Å². The Morgan fingerprint density at radius 3 is 2.92 bits per heavy atom. The van der Waals surface area contributed by atoms with Crippen molar-refractivity contribution in [1.29, 1.82) is 0 Å². The molecule has 25 heavy (non-hydrogen) atoms. The lowest BCUT2D eigenvalue weighted by atomic mass is 10.1. The summed E-state index contributed by atoms with van der Waals surface area (Å²) in [6.45, 7) is 3.71. The van der Waals surface area contributed by atoms with Gasteiger partial charge in [0.15, 0.2) is 6.61 Å². The van der Waals surface area contributed by atoms with E-state index < -0.39 is 0 Å². The maximum absolute atomic E-state index is 12.2. The number of amides is 3. The molecule has 0 aliphatic carbocycles. The quantitative estimate of drug-likeness (QED) is 0.778.